The monoisotopic (exact) mass is 239 g/mol. The summed E-state index contributed by atoms with van der Waals surface area (Å²) in [5.74, 6) is 0.956. The molecule has 1 nitrogen and oxygen atoms in total. The summed E-state index contributed by atoms with van der Waals surface area (Å²) < 4.78 is 13.3. The van der Waals surface area contributed by atoms with Gasteiger partial charge in [-0.1, -0.05) is 18.2 Å². The SMILES string of the molecule is Fc1ccccc1CCSC1CCCNC1. The van der Waals surface area contributed by atoms with E-state index in [1.807, 2.05) is 23.9 Å². The molecule has 88 valence electrons. The topological polar surface area (TPSA) is 12.0 Å². The fourth-order valence-electron chi connectivity index (χ4n) is 2.00. The molecule has 1 aromatic rings. The lowest BCUT2D eigenvalue weighted by atomic mass is 10.1. The van der Waals surface area contributed by atoms with E-state index in [0.717, 1.165) is 36.1 Å². The fraction of sp³-hybridized carbons (Fsp3) is 0.538. The third-order valence-electron chi connectivity index (χ3n) is 2.93. The van der Waals surface area contributed by atoms with Crippen LogP contribution in [0.2, 0.25) is 0 Å². The van der Waals surface area contributed by atoms with Crippen LogP contribution in [0, 0.1) is 5.82 Å². The summed E-state index contributed by atoms with van der Waals surface area (Å²) in [6, 6.07) is 7.08. The Bertz CT molecular complexity index is 323. The maximum Gasteiger partial charge on any atom is 0.126 e. The van der Waals surface area contributed by atoms with Crippen LogP contribution in [0.4, 0.5) is 4.39 Å². The smallest absolute Gasteiger partial charge is 0.126 e. The first kappa shape index (κ1) is 11.9. The maximum absolute atomic E-state index is 13.3. The van der Waals surface area contributed by atoms with Gasteiger partial charge in [0.15, 0.2) is 0 Å². The molecule has 16 heavy (non-hydrogen) atoms. The predicted molar refractivity (Wildman–Crippen MR) is 68.5 cm³/mol. The molecule has 1 atom stereocenters. The van der Waals surface area contributed by atoms with E-state index in [1.165, 1.54) is 12.8 Å². The lowest BCUT2D eigenvalue weighted by Gasteiger charge is -2.22. The number of benzene rings is 1. The van der Waals surface area contributed by atoms with Gasteiger partial charge in [-0.05, 0) is 43.2 Å². The normalized spacial score (nSPS) is 20.9. The zero-order valence-corrected chi connectivity index (χ0v) is 10.2. The van der Waals surface area contributed by atoms with E-state index in [-0.39, 0.29) is 5.82 Å². The van der Waals surface area contributed by atoms with Gasteiger partial charge >= 0.3 is 0 Å². The Hall–Kier alpha value is -0.540. The second-order valence-corrected chi connectivity index (χ2v) is 5.59. The minimum Gasteiger partial charge on any atom is -0.316 e. The van der Waals surface area contributed by atoms with Crippen LogP contribution < -0.4 is 5.32 Å². The van der Waals surface area contributed by atoms with Gasteiger partial charge in [-0.15, -0.1) is 0 Å². The van der Waals surface area contributed by atoms with Crippen LogP contribution in [-0.2, 0) is 6.42 Å². The van der Waals surface area contributed by atoms with Crippen LogP contribution in [0.1, 0.15) is 18.4 Å². The Labute approximate surface area is 101 Å². The number of hydrogen-bond acceptors (Lipinski definition) is 2. The Morgan fingerprint density at radius 1 is 1.38 bits per heavy atom. The third-order valence-corrected chi connectivity index (χ3v) is 4.25. The average molecular weight is 239 g/mol. The van der Waals surface area contributed by atoms with E-state index in [1.54, 1.807) is 12.1 Å². The zero-order chi connectivity index (χ0) is 11.2. The summed E-state index contributed by atoms with van der Waals surface area (Å²) in [7, 11) is 0. The van der Waals surface area contributed by atoms with Crippen LogP contribution in [0.15, 0.2) is 24.3 Å². The molecule has 0 saturated carbocycles. The first-order chi connectivity index (χ1) is 7.86. The molecule has 1 fully saturated rings. The van der Waals surface area contributed by atoms with E-state index in [0.29, 0.717) is 0 Å². The molecule has 1 aromatic carbocycles. The molecule has 0 radical (unpaired) electrons. The molecular formula is C13H18FNS. The summed E-state index contributed by atoms with van der Waals surface area (Å²) in [6.45, 7) is 2.27. The molecule has 1 aliphatic heterocycles. The number of aryl methyl sites for hydroxylation is 1. The molecule has 0 aromatic heterocycles. The van der Waals surface area contributed by atoms with Gasteiger partial charge < -0.3 is 5.32 Å². The van der Waals surface area contributed by atoms with Crippen LogP contribution >= 0.6 is 11.8 Å². The van der Waals surface area contributed by atoms with Crippen molar-refractivity contribution in [2.24, 2.45) is 0 Å². The van der Waals surface area contributed by atoms with Crippen LogP contribution in [-0.4, -0.2) is 24.1 Å². The van der Waals surface area contributed by atoms with E-state index in [4.69, 9.17) is 0 Å². The van der Waals surface area contributed by atoms with Crippen LogP contribution in [0.25, 0.3) is 0 Å². The van der Waals surface area contributed by atoms with Gasteiger partial charge in [-0.25, -0.2) is 4.39 Å². The van der Waals surface area contributed by atoms with Crippen molar-refractivity contribution in [3.05, 3.63) is 35.6 Å². The van der Waals surface area contributed by atoms with Crippen LogP contribution in [0.3, 0.4) is 0 Å². The first-order valence-corrected chi connectivity index (χ1v) is 6.97. The molecule has 3 heteroatoms. The van der Waals surface area contributed by atoms with Crippen molar-refractivity contribution in [3.63, 3.8) is 0 Å². The Balaban J connectivity index is 1.73. The van der Waals surface area contributed by atoms with Crippen molar-refractivity contribution in [1.29, 1.82) is 0 Å². The minimum atomic E-state index is -0.0649. The molecule has 1 N–H and O–H groups in total. The predicted octanol–water partition coefficient (Wildman–Crippen LogP) is 2.85. The minimum absolute atomic E-state index is 0.0649. The third kappa shape index (κ3) is 3.49. The Kier molecular flexibility index (Phi) is 4.67. The molecule has 1 aliphatic rings. The van der Waals surface area contributed by atoms with Crippen LogP contribution in [0.5, 0.6) is 0 Å². The summed E-state index contributed by atoms with van der Waals surface area (Å²) in [5, 5.41) is 4.12. The highest BCUT2D eigenvalue weighted by Gasteiger charge is 2.12. The molecule has 1 saturated heterocycles. The summed E-state index contributed by atoms with van der Waals surface area (Å²) in [6.07, 6.45) is 3.42. The van der Waals surface area contributed by atoms with E-state index in [9.17, 15) is 4.39 Å². The largest absolute Gasteiger partial charge is 0.316 e. The lowest BCUT2D eigenvalue weighted by molar-refractivity contribution is 0.531. The molecule has 0 amide bonds. The second kappa shape index (κ2) is 6.26. The number of rotatable bonds is 4. The molecular weight excluding hydrogens is 221 g/mol. The Morgan fingerprint density at radius 2 is 2.25 bits per heavy atom. The van der Waals surface area contributed by atoms with Gasteiger partial charge in [0, 0.05) is 11.8 Å². The Morgan fingerprint density at radius 3 is 3.00 bits per heavy atom. The van der Waals surface area contributed by atoms with Gasteiger partial charge in [-0.3, -0.25) is 0 Å². The molecule has 1 unspecified atom stereocenters. The molecule has 0 aliphatic carbocycles. The van der Waals surface area contributed by atoms with Gasteiger partial charge in [0.05, 0.1) is 0 Å². The molecule has 2 rings (SSSR count). The standard InChI is InChI=1S/C13H18FNS/c14-13-6-2-1-4-11(13)7-9-16-12-5-3-8-15-10-12/h1-2,4,6,12,15H,3,5,7-10H2. The second-order valence-electron chi connectivity index (χ2n) is 4.18. The highest BCUT2D eigenvalue weighted by Crippen LogP contribution is 2.20. The zero-order valence-electron chi connectivity index (χ0n) is 9.42. The van der Waals surface area contributed by atoms with E-state index >= 15 is 0 Å². The lowest BCUT2D eigenvalue weighted by Crippen LogP contribution is -2.31. The number of hydrogen-bond donors (Lipinski definition) is 1. The van der Waals surface area contributed by atoms with Gasteiger partial charge in [0.25, 0.3) is 0 Å². The average Bonchev–Trinajstić information content (AvgIpc) is 2.33. The number of thioether (sulfide) groups is 1. The quantitative estimate of drug-likeness (QED) is 0.867. The highest BCUT2D eigenvalue weighted by atomic mass is 32.2. The van der Waals surface area contributed by atoms with Crippen molar-refractivity contribution in [2.45, 2.75) is 24.5 Å². The summed E-state index contributed by atoms with van der Waals surface area (Å²) in [5.41, 5.74) is 0.846. The van der Waals surface area contributed by atoms with Crippen molar-refractivity contribution < 1.29 is 4.39 Å². The highest BCUT2D eigenvalue weighted by molar-refractivity contribution is 7.99. The first-order valence-electron chi connectivity index (χ1n) is 5.92. The van der Waals surface area contributed by atoms with Crippen molar-refractivity contribution >= 4 is 11.8 Å². The fourth-order valence-corrected chi connectivity index (χ4v) is 3.24. The maximum atomic E-state index is 13.3. The van der Waals surface area contributed by atoms with Crippen molar-refractivity contribution in [3.8, 4) is 0 Å². The van der Waals surface area contributed by atoms with Gasteiger partial charge in [0.2, 0.25) is 0 Å². The van der Waals surface area contributed by atoms with Crippen molar-refractivity contribution in [1.82, 2.24) is 5.32 Å². The number of piperidine rings is 1. The van der Waals surface area contributed by atoms with Gasteiger partial charge in [-0.2, -0.15) is 11.8 Å². The molecule has 0 bridgehead atoms. The molecule has 1 heterocycles. The number of nitrogens with one attached hydrogen (secondary N) is 1. The summed E-state index contributed by atoms with van der Waals surface area (Å²) >= 11 is 1.97. The van der Waals surface area contributed by atoms with Gasteiger partial charge in [0.1, 0.15) is 5.82 Å². The van der Waals surface area contributed by atoms with E-state index < -0.39 is 0 Å². The summed E-state index contributed by atoms with van der Waals surface area (Å²) in [4.78, 5) is 0. The number of halogens is 1. The molecule has 0 spiro atoms. The van der Waals surface area contributed by atoms with E-state index in [2.05, 4.69) is 5.32 Å². The van der Waals surface area contributed by atoms with Crippen molar-refractivity contribution in [2.75, 3.05) is 18.8 Å².